The van der Waals surface area contributed by atoms with Crippen LogP contribution in [0.5, 0.6) is 0 Å². The van der Waals surface area contributed by atoms with Crippen molar-refractivity contribution in [2.24, 2.45) is 0 Å². The number of aliphatic hydroxyl groups excluding tert-OH is 1. The van der Waals surface area contributed by atoms with Crippen molar-refractivity contribution in [1.29, 1.82) is 0 Å². The van der Waals surface area contributed by atoms with Crippen LogP contribution in [0.1, 0.15) is 51.9 Å². The minimum absolute atomic E-state index is 0.395. The Kier molecular flexibility index (Phi) is 9.44. The molecule has 0 aromatic carbocycles. The summed E-state index contributed by atoms with van der Waals surface area (Å²) >= 11 is 0. The van der Waals surface area contributed by atoms with E-state index in [-0.39, 0.29) is 0 Å². The standard InChI is InChI=1S/C11H21FO/c1-2-3-4-5-6-7-8-9-11(12)10-13/h9,13H,2-8,10H2,1H3. The Morgan fingerprint density at radius 3 is 2.38 bits per heavy atom. The monoisotopic (exact) mass is 188 g/mol. The molecule has 0 amide bonds. The van der Waals surface area contributed by atoms with Gasteiger partial charge in [-0.15, -0.1) is 0 Å². The van der Waals surface area contributed by atoms with Crippen molar-refractivity contribution in [1.82, 2.24) is 0 Å². The summed E-state index contributed by atoms with van der Waals surface area (Å²) < 4.78 is 12.4. The van der Waals surface area contributed by atoms with Crippen LogP contribution < -0.4 is 0 Å². The lowest BCUT2D eigenvalue weighted by atomic mass is 10.1. The van der Waals surface area contributed by atoms with Gasteiger partial charge in [-0.05, 0) is 12.8 Å². The lowest BCUT2D eigenvalue weighted by Gasteiger charge is -1.97. The third kappa shape index (κ3) is 9.54. The van der Waals surface area contributed by atoms with Gasteiger partial charge in [-0.25, -0.2) is 4.39 Å². The highest BCUT2D eigenvalue weighted by atomic mass is 19.1. The summed E-state index contributed by atoms with van der Waals surface area (Å²) in [6.45, 7) is 1.75. The number of halogens is 1. The molecule has 0 saturated carbocycles. The topological polar surface area (TPSA) is 20.2 Å². The summed E-state index contributed by atoms with van der Waals surface area (Å²) in [6, 6.07) is 0. The first-order valence-corrected chi connectivity index (χ1v) is 5.26. The zero-order valence-electron chi connectivity index (χ0n) is 8.56. The molecule has 0 aliphatic carbocycles. The highest BCUT2D eigenvalue weighted by molar-refractivity contribution is 4.90. The molecular weight excluding hydrogens is 167 g/mol. The van der Waals surface area contributed by atoms with E-state index in [1.165, 1.54) is 38.2 Å². The van der Waals surface area contributed by atoms with Crippen LogP contribution in [0.15, 0.2) is 11.9 Å². The van der Waals surface area contributed by atoms with Crippen LogP contribution in [-0.2, 0) is 0 Å². The van der Waals surface area contributed by atoms with Crippen molar-refractivity contribution in [3.05, 3.63) is 11.9 Å². The van der Waals surface area contributed by atoms with E-state index in [0.717, 1.165) is 12.8 Å². The third-order valence-corrected chi connectivity index (χ3v) is 2.07. The molecule has 0 aliphatic rings. The fourth-order valence-corrected chi connectivity index (χ4v) is 1.25. The molecule has 0 saturated heterocycles. The summed E-state index contributed by atoms with van der Waals surface area (Å²) in [5, 5.41) is 8.36. The van der Waals surface area contributed by atoms with Gasteiger partial charge in [0, 0.05) is 0 Å². The van der Waals surface area contributed by atoms with E-state index in [2.05, 4.69) is 6.92 Å². The van der Waals surface area contributed by atoms with Gasteiger partial charge in [-0.1, -0.05) is 45.1 Å². The Morgan fingerprint density at radius 1 is 1.15 bits per heavy atom. The predicted molar refractivity (Wildman–Crippen MR) is 54.3 cm³/mol. The second kappa shape index (κ2) is 9.72. The first-order chi connectivity index (χ1) is 6.31. The zero-order chi connectivity index (χ0) is 9.94. The van der Waals surface area contributed by atoms with Gasteiger partial charge in [0.05, 0.1) is 6.61 Å². The van der Waals surface area contributed by atoms with Gasteiger partial charge in [0.15, 0.2) is 0 Å². The van der Waals surface area contributed by atoms with Crippen molar-refractivity contribution in [2.45, 2.75) is 51.9 Å². The van der Waals surface area contributed by atoms with Crippen LogP contribution in [0.25, 0.3) is 0 Å². The minimum Gasteiger partial charge on any atom is -0.389 e. The van der Waals surface area contributed by atoms with E-state index in [0.29, 0.717) is 0 Å². The largest absolute Gasteiger partial charge is 0.389 e. The zero-order valence-corrected chi connectivity index (χ0v) is 8.56. The number of allylic oxidation sites excluding steroid dienone is 1. The highest BCUT2D eigenvalue weighted by Crippen LogP contribution is 2.08. The average molecular weight is 188 g/mol. The van der Waals surface area contributed by atoms with Crippen molar-refractivity contribution in [2.75, 3.05) is 6.61 Å². The second-order valence-corrected chi connectivity index (χ2v) is 3.37. The Bertz CT molecular complexity index is 132. The van der Waals surface area contributed by atoms with Gasteiger partial charge in [0.25, 0.3) is 0 Å². The van der Waals surface area contributed by atoms with E-state index in [1.54, 1.807) is 0 Å². The van der Waals surface area contributed by atoms with Gasteiger partial charge < -0.3 is 5.11 Å². The first kappa shape index (κ1) is 12.6. The van der Waals surface area contributed by atoms with Gasteiger partial charge in [-0.2, -0.15) is 0 Å². The fraction of sp³-hybridized carbons (Fsp3) is 0.818. The van der Waals surface area contributed by atoms with Gasteiger partial charge in [0.1, 0.15) is 5.83 Å². The Hall–Kier alpha value is -0.370. The molecule has 0 unspecified atom stereocenters. The van der Waals surface area contributed by atoms with E-state index in [1.807, 2.05) is 0 Å². The molecule has 0 heterocycles. The molecule has 78 valence electrons. The molecule has 0 atom stereocenters. The van der Waals surface area contributed by atoms with Gasteiger partial charge in [-0.3, -0.25) is 0 Å². The molecule has 0 aromatic heterocycles. The number of hydrogen-bond acceptors (Lipinski definition) is 1. The predicted octanol–water partition coefficient (Wildman–Crippen LogP) is 3.58. The SMILES string of the molecule is CCCCCCCCC=C(F)CO. The summed E-state index contributed by atoms with van der Waals surface area (Å²) in [7, 11) is 0. The van der Waals surface area contributed by atoms with Crippen LogP contribution in [-0.4, -0.2) is 11.7 Å². The molecule has 0 spiro atoms. The average Bonchev–Trinajstić information content (AvgIpc) is 2.16. The maximum Gasteiger partial charge on any atom is 0.121 e. The molecule has 2 heteroatoms. The maximum absolute atomic E-state index is 12.4. The lowest BCUT2D eigenvalue weighted by molar-refractivity contribution is 0.297. The molecule has 0 aliphatic heterocycles. The molecule has 0 aromatic rings. The molecule has 0 radical (unpaired) electrons. The number of hydrogen-bond donors (Lipinski definition) is 1. The first-order valence-electron chi connectivity index (χ1n) is 5.26. The smallest absolute Gasteiger partial charge is 0.121 e. The lowest BCUT2D eigenvalue weighted by Crippen LogP contribution is -1.82. The summed E-state index contributed by atoms with van der Waals surface area (Å²) in [6.07, 6.45) is 9.58. The summed E-state index contributed by atoms with van der Waals surface area (Å²) in [5.74, 6) is -0.395. The number of aliphatic hydroxyl groups is 1. The molecule has 1 N–H and O–H groups in total. The van der Waals surface area contributed by atoms with E-state index in [9.17, 15) is 4.39 Å². The van der Waals surface area contributed by atoms with Crippen LogP contribution in [0, 0.1) is 0 Å². The van der Waals surface area contributed by atoms with Gasteiger partial charge in [0.2, 0.25) is 0 Å². The minimum atomic E-state index is -0.449. The number of rotatable bonds is 8. The van der Waals surface area contributed by atoms with E-state index in [4.69, 9.17) is 5.11 Å². The fourth-order valence-electron chi connectivity index (χ4n) is 1.25. The van der Waals surface area contributed by atoms with Crippen LogP contribution in [0.4, 0.5) is 4.39 Å². The summed E-state index contributed by atoms with van der Waals surface area (Å²) in [5.41, 5.74) is 0. The highest BCUT2D eigenvalue weighted by Gasteiger charge is 1.91. The van der Waals surface area contributed by atoms with Crippen molar-refractivity contribution in [3.8, 4) is 0 Å². The Labute approximate surface area is 80.7 Å². The normalized spacial score (nSPS) is 12.1. The van der Waals surface area contributed by atoms with Crippen molar-refractivity contribution < 1.29 is 9.50 Å². The number of unbranched alkanes of at least 4 members (excludes halogenated alkanes) is 6. The third-order valence-electron chi connectivity index (χ3n) is 2.07. The van der Waals surface area contributed by atoms with E-state index < -0.39 is 12.4 Å². The van der Waals surface area contributed by atoms with Crippen molar-refractivity contribution in [3.63, 3.8) is 0 Å². The molecule has 0 fully saturated rings. The van der Waals surface area contributed by atoms with E-state index >= 15 is 0 Å². The molecule has 1 nitrogen and oxygen atoms in total. The van der Waals surface area contributed by atoms with Crippen molar-refractivity contribution >= 4 is 0 Å². The molecule has 0 rings (SSSR count). The Morgan fingerprint density at radius 2 is 1.77 bits per heavy atom. The molecule has 0 bridgehead atoms. The quantitative estimate of drug-likeness (QED) is 0.577. The van der Waals surface area contributed by atoms with Gasteiger partial charge >= 0.3 is 0 Å². The maximum atomic E-state index is 12.4. The molecular formula is C11H21FO. The summed E-state index contributed by atoms with van der Waals surface area (Å²) in [4.78, 5) is 0. The second-order valence-electron chi connectivity index (χ2n) is 3.37. The Balaban J connectivity index is 3.08. The molecule has 13 heavy (non-hydrogen) atoms. The van der Waals surface area contributed by atoms with Crippen LogP contribution in [0.2, 0.25) is 0 Å². The van der Waals surface area contributed by atoms with Crippen LogP contribution >= 0.6 is 0 Å². The van der Waals surface area contributed by atoms with Crippen LogP contribution in [0.3, 0.4) is 0 Å².